The zero-order chi connectivity index (χ0) is 15.1. The van der Waals surface area contributed by atoms with E-state index in [-0.39, 0.29) is 12.5 Å². The van der Waals surface area contributed by atoms with Crippen molar-refractivity contribution >= 4 is 17.5 Å². The van der Waals surface area contributed by atoms with Crippen molar-refractivity contribution in [2.45, 2.75) is 38.3 Å². The first-order valence-corrected chi connectivity index (χ1v) is 7.93. The van der Waals surface area contributed by atoms with E-state index in [9.17, 15) is 4.79 Å². The SMILES string of the molecule is O=C(CN(CCCO)C1CCC1)NCc1ccc(Cl)cc1. The van der Waals surface area contributed by atoms with Crippen LogP contribution < -0.4 is 5.32 Å². The molecule has 0 spiro atoms. The Morgan fingerprint density at radius 2 is 2.05 bits per heavy atom. The van der Waals surface area contributed by atoms with Crippen molar-refractivity contribution < 1.29 is 9.90 Å². The Morgan fingerprint density at radius 1 is 1.33 bits per heavy atom. The minimum absolute atomic E-state index is 0.0368. The summed E-state index contributed by atoms with van der Waals surface area (Å²) in [6.07, 6.45) is 4.29. The third kappa shape index (κ3) is 5.30. The van der Waals surface area contributed by atoms with Crippen molar-refractivity contribution in [1.82, 2.24) is 10.2 Å². The number of nitrogens with zero attached hydrogens (tertiary/aromatic N) is 1. The topological polar surface area (TPSA) is 52.6 Å². The fraction of sp³-hybridized carbons (Fsp3) is 0.562. The van der Waals surface area contributed by atoms with Gasteiger partial charge >= 0.3 is 0 Å². The molecule has 0 unspecified atom stereocenters. The highest BCUT2D eigenvalue weighted by Gasteiger charge is 2.25. The van der Waals surface area contributed by atoms with Gasteiger partial charge in [-0.2, -0.15) is 0 Å². The molecule has 1 saturated carbocycles. The second-order valence-electron chi connectivity index (χ2n) is 5.54. The molecule has 1 amide bonds. The Kier molecular flexibility index (Phi) is 6.49. The molecule has 1 aliphatic carbocycles. The number of nitrogens with one attached hydrogen (secondary N) is 1. The Balaban J connectivity index is 1.77. The van der Waals surface area contributed by atoms with Gasteiger partial charge in [-0.25, -0.2) is 0 Å². The largest absolute Gasteiger partial charge is 0.396 e. The normalized spacial score (nSPS) is 15.0. The van der Waals surface area contributed by atoms with Gasteiger partial charge in [-0.05, 0) is 37.0 Å². The molecule has 0 aromatic heterocycles. The first-order chi connectivity index (χ1) is 10.2. The van der Waals surface area contributed by atoms with Gasteiger partial charge in [0, 0.05) is 30.8 Å². The second-order valence-corrected chi connectivity index (χ2v) is 5.97. The molecule has 5 heteroatoms. The molecule has 116 valence electrons. The summed E-state index contributed by atoms with van der Waals surface area (Å²) in [7, 11) is 0. The van der Waals surface area contributed by atoms with Crippen LogP contribution in [-0.4, -0.2) is 41.7 Å². The van der Waals surface area contributed by atoms with Gasteiger partial charge in [0.25, 0.3) is 0 Å². The maximum Gasteiger partial charge on any atom is 0.234 e. The highest BCUT2D eigenvalue weighted by Crippen LogP contribution is 2.24. The Morgan fingerprint density at radius 3 is 2.62 bits per heavy atom. The van der Waals surface area contributed by atoms with Crippen LogP contribution >= 0.6 is 11.6 Å². The van der Waals surface area contributed by atoms with Crippen LogP contribution in [0.1, 0.15) is 31.2 Å². The average molecular weight is 311 g/mol. The molecule has 0 heterocycles. The maximum absolute atomic E-state index is 12.1. The molecule has 21 heavy (non-hydrogen) atoms. The molecule has 4 nitrogen and oxygen atoms in total. The molecule has 1 aromatic rings. The van der Waals surface area contributed by atoms with E-state index in [1.54, 1.807) is 0 Å². The van der Waals surface area contributed by atoms with Crippen LogP contribution in [0, 0.1) is 0 Å². The van der Waals surface area contributed by atoms with Crippen molar-refractivity contribution in [2.75, 3.05) is 19.7 Å². The molecular weight excluding hydrogens is 288 g/mol. The van der Waals surface area contributed by atoms with Crippen LogP contribution in [-0.2, 0) is 11.3 Å². The standard InChI is InChI=1S/C16H23ClN2O2/c17-14-7-5-13(6-8-14)11-18-16(21)12-19(9-2-10-20)15-3-1-4-15/h5-8,15,20H,1-4,9-12H2,(H,18,21). The van der Waals surface area contributed by atoms with Gasteiger partial charge in [0.1, 0.15) is 0 Å². The molecular formula is C16H23ClN2O2. The van der Waals surface area contributed by atoms with Crippen LogP contribution in [0.15, 0.2) is 24.3 Å². The first-order valence-electron chi connectivity index (χ1n) is 7.55. The van der Waals surface area contributed by atoms with Crippen molar-refractivity contribution in [3.8, 4) is 0 Å². The summed E-state index contributed by atoms with van der Waals surface area (Å²) in [5.74, 6) is 0.0368. The van der Waals surface area contributed by atoms with E-state index in [1.807, 2.05) is 24.3 Å². The van der Waals surface area contributed by atoms with E-state index >= 15 is 0 Å². The number of carbonyl (C=O) groups is 1. The number of hydrogen-bond acceptors (Lipinski definition) is 3. The van der Waals surface area contributed by atoms with Crippen molar-refractivity contribution in [3.05, 3.63) is 34.9 Å². The molecule has 1 aromatic carbocycles. The highest BCUT2D eigenvalue weighted by atomic mass is 35.5. The predicted molar refractivity (Wildman–Crippen MR) is 84.2 cm³/mol. The van der Waals surface area contributed by atoms with Crippen LogP contribution in [0.2, 0.25) is 5.02 Å². The summed E-state index contributed by atoms with van der Waals surface area (Å²) >= 11 is 5.83. The van der Waals surface area contributed by atoms with Gasteiger partial charge in [0.05, 0.1) is 6.54 Å². The second kappa shape index (κ2) is 8.37. The lowest BCUT2D eigenvalue weighted by Crippen LogP contribution is -2.46. The molecule has 1 aliphatic rings. The molecule has 2 N–H and O–H groups in total. The van der Waals surface area contributed by atoms with Gasteiger partial charge in [-0.15, -0.1) is 0 Å². The Labute approximate surface area is 131 Å². The van der Waals surface area contributed by atoms with Crippen LogP contribution in [0.3, 0.4) is 0 Å². The predicted octanol–water partition coefficient (Wildman–Crippen LogP) is 2.19. The number of aliphatic hydroxyl groups is 1. The van der Waals surface area contributed by atoms with Gasteiger partial charge in [-0.3, -0.25) is 9.69 Å². The third-order valence-corrected chi connectivity index (χ3v) is 4.20. The lowest BCUT2D eigenvalue weighted by Gasteiger charge is -2.37. The highest BCUT2D eigenvalue weighted by molar-refractivity contribution is 6.30. The lowest BCUT2D eigenvalue weighted by molar-refractivity contribution is -0.123. The number of rotatable bonds is 8. The van der Waals surface area contributed by atoms with Crippen molar-refractivity contribution in [2.24, 2.45) is 0 Å². The summed E-state index contributed by atoms with van der Waals surface area (Å²) in [4.78, 5) is 14.3. The smallest absolute Gasteiger partial charge is 0.234 e. The lowest BCUT2D eigenvalue weighted by atomic mass is 9.91. The third-order valence-electron chi connectivity index (χ3n) is 3.94. The average Bonchev–Trinajstić information content (AvgIpc) is 2.42. The zero-order valence-corrected chi connectivity index (χ0v) is 13.0. The van der Waals surface area contributed by atoms with Crippen molar-refractivity contribution in [1.29, 1.82) is 0 Å². The fourth-order valence-electron chi connectivity index (χ4n) is 2.46. The number of amides is 1. The van der Waals surface area contributed by atoms with Crippen molar-refractivity contribution in [3.63, 3.8) is 0 Å². The summed E-state index contributed by atoms with van der Waals surface area (Å²) in [5.41, 5.74) is 1.04. The minimum Gasteiger partial charge on any atom is -0.396 e. The molecule has 2 rings (SSSR count). The molecule has 0 radical (unpaired) electrons. The van der Waals surface area contributed by atoms with Gasteiger partial charge in [-0.1, -0.05) is 30.2 Å². The zero-order valence-electron chi connectivity index (χ0n) is 12.2. The Bertz CT molecular complexity index is 446. The summed E-state index contributed by atoms with van der Waals surface area (Å²) in [6.45, 7) is 1.90. The van der Waals surface area contributed by atoms with E-state index in [0.29, 0.717) is 24.2 Å². The number of halogens is 1. The van der Waals surface area contributed by atoms with E-state index in [0.717, 1.165) is 31.4 Å². The van der Waals surface area contributed by atoms with Crippen LogP contribution in [0.25, 0.3) is 0 Å². The van der Waals surface area contributed by atoms with E-state index in [1.165, 1.54) is 6.42 Å². The van der Waals surface area contributed by atoms with E-state index in [2.05, 4.69) is 10.2 Å². The fourth-order valence-corrected chi connectivity index (χ4v) is 2.59. The van der Waals surface area contributed by atoms with Gasteiger partial charge in [0.15, 0.2) is 0 Å². The van der Waals surface area contributed by atoms with Gasteiger partial charge < -0.3 is 10.4 Å². The molecule has 0 bridgehead atoms. The molecule has 0 atom stereocenters. The molecule has 0 aliphatic heterocycles. The van der Waals surface area contributed by atoms with E-state index < -0.39 is 0 Å². The van der Waals surface area contributed by atoms with Gasteiger partial charge in [0.2, 0.25) is 5.91 Å². The quantitative estimate of drug-likeness (QED) is 0.774. The molecule has 1 fully saturated rings. The maximum atomic E-state index is 12.1. The number of carbonyl (C=O) groups excluding carboxylic acids is 1. The summed E-state index contributed by atoms with van der Waals surface area (Å²) in [6, 6.07) is 7.99. The Hall–Kier alpha value is -1.10. The molecule has 0 saturated heterocycles. The van der Waals surface area contributed by atoms with Crippen LogP contribution in [0.4, 0.5) is 0 Å². The minimum atomic E-state index is 0.0368. The van der Waals surface area contributed by atoms with Crippen LogP contribution in [0.5, 0.6) is 0 Å². The monoisotopic (exact) mass is 310 g/mol. The number of benzene rings is 1. The first kappa shape index (κ1) is 16.3. The summed E-state index contributed by atoms with van der Waals surface area (Å²) < 4.78 is 0. The summed E-state index contributed by atoms with van der Waals surface area (Å²) in [5, 5.41) is 12.6. The number of aliphatic hydroxyl groups excluding tert-OH is 1. The number of hydrogen-bond donors (Lipinski definition) is 2. The van der Waals surface area contributed by atoms with E-state index in [4.69, 9.17) is 16.7 Å².